The first-order valence-corrected chi connectivity index (χ1v) is 10.5. The zero-order valence-corrected chi connectivity index (χ0v) is 17.6. The van der Waals surface area contributed by atoms with E-state index in [4.69, 9.17) is 9.47 Å². The molecule has 0 radical (unpaired) electrons. The molecule has 1 aromatic carbocycles. The standard InChI is InChI=1S/C23H25N5O3/c1-14(13-28-10-8-24-9-11-28)20-18(30-2)6-5-16-21(29)19(31-22(16)20)12-17-15-4-3-7-25-23(15)27-26-17/h3-7,12,14,24H,8-11,13H2,1-2H3,(H,25,26,27)/b19-12-. The van der Waals surface area contributed by atoms with E-state index in [2.05, 4.69) is 32.3 Å². The number of benzene rings is 1. The lowest BCUT2D eigenvalue weighted by Gasteiger charge is -2.30. The average molecular weight is 419 g/mol. The van der Waals surface area contributed by atoms with E-state index in [0.717, 1.165) is 49.4 Å². The third kappa shape index (κ3) is 3.58. The molecular formula is C23H25N5O3. The molecule has 1 atom stereocenters. The van der Waals surface area contributed by atoms with Crippen LogP contribution in [0.1, 0.15) is 34.5 Å². The fourth-order valence-electron chi connectivity index (χ4n) is 4.38. The Balaban J connectivity index is 1.49. The van der Waals surface area contributed by atoms with Gasteiger partial charge in [0.1, 0.15) is 11.5 Å². The van der Waals surface area contributed by atoms with E-state index in [1.807, 2.05) is 18.2 Å². The van der Waals surface area contributed by atoms with Crippen molar-refractivity contribution in [3.8, 4) is 11.5 Å². The van der Waals surface area contributed by atoms with E-state index in [0.29, 0.717) is 22.7 Å². The summed E-state index contributed by atoms with van der Waals surface area (Å²) in [4.78, 5) is 19.8. The van der Waals surface area contributed by atoms with E-state index >= 15 is 0 Å². The third-order valence-electron chi connectivity index (χ3n) is 5.92. The topological polar surface area (TPSA) is 92.4 Å². The van der Waals surface area contributed by atoms with Crippen LogP contribution in [0.4, 0.5) is 0 Å². The molecule has 8 nitrogen and oxygen atoms in total. The minimum atomic E-state index is -0.145. The molecule has 1 fully saturated rings. The van der Waals surface area contributed by atoms with Crippen molar-refractivity contribution in [3.63, 3.8) is 0 Å². The van der Waals surface area contributed by atoms with Crippen LogP contribution >= 0.6 is 0 Å². The molecule has 0 aliphatic carbocycles. The van der Waals surface area contributed by atoms with Gasteiger partial charge in [-0.1, -0.05) is 6.92 Å². The second kappa shape index (κ2) is 8.13. The number of ketones is 1. The van der Waals surface area contributed by atoms with Crippen LogP contribution in [0, 0.1) is 0 Å². The summed E-state index contributed by atoms with van der Waals surface area (Å²) in [6.45, 7) is 7.03. The van der Waals surface area contributed by atoms with Crippen LogP contribution in [0.5, 0.6) is 11.5 Å². The summed E-state index contributed by atoms with van der Waals surface area (Å²) in [6.07, 6.45) is 3.38. The number of piperazine rings is 1. The molecule has 5 rings (SSSR count). The first-order valence-electron chi connectivity index (χ1n) is 10.5. The molecule has 1 unspecified atom stereocenters. The molecule has 0 bridgehead atoms. The van der Waals surface area contributed by atoms with Crippen molar-refractivity contribution >= 4 is 22.9 Å². The minimum absolute atomic E-state index is 0.144. The summed E-state index contributed by atoms with van der Waals surface area (Å²) in [7, 11) is 1.65. The fourth-order valence-corrected chi connectivity index (χ4v) is 4.38. The van der Waals surface area contributed by atoms with Gasteiger partial charge in [-0.2, -0.15) is 5.10 Å². The van der Waals surface area contributed by atoms with Crippen molar-refractivity contribution in [2.24, 2.45) is 0 Å². The van der Waals surface area contributed by atoms with Crippen LogP contribution < -0.4 is 14.8 Å². The van der Waals surface area contributed by atoms with Gasteiger partial charge in [0.15, 0.2) is 11.4 Å². The molecule has 2 N–H and O–H groups in total. The molecule has 2 aliphatic rings. The van der Waals surface area contributed by atoms with Crippen molar-refractivity contribution < 1.29 is 14.3 Å². The van der Waals surface area contributed by atoms with Crippen LogP contribution in [-0.4, -0.2) is 65.7 Å². The number of fused-ring (bicyclic) bond motifs is 2. The molecule has 1 saturated heterocycles. The molecule has 2 aliphatic heterocycles. The van der Waals surface area contributed by atoms with E-state index < -0.39 is 0 Å². The van der Waals surface area contributed by atoms with Gasteiger partial charge in [0.2, 0.25) is 5.78 Å². The number of hydrogen-bond acceptors (Lipinski definition) is 7. The van der Waals surface area contributed by atoms with Gasteiger partial charge in [-0.25, -0.2) is 4.98 Å². The Kier molecular flexibility index (Phi) is 5.17. The number of nitrogens with zero attached hydrogens (tertiary/aromatic N) is 3. The highest BCUT2D eigenvalue weighted by Crippen LogP contribution is 2.44. The number of methoxy groups -OCH3 is 1. The van der Waals surface area contributed by atoms with E-state index in [9.17, 15) is 4.79 Å². The number of nitrogens with one attached hydrogen (secondary N) is 2. The molecule has 0 amide bonds. The van der Waals surface area contributed by atoms with Crippen molar-refractivity contribution in [2.75, 3.05) is 39.8 Å². The molecule has 4 heterocycles. The number of rotatable bonds is 5. The predicted octanol–water partition coefficient (Wildman–Crippen LogP) is 2.59. The summed E-state index contributed by atoms with van der Waals surface area (Å²) in [5, 5.41) is 11.4. The number of carbonyl (C=O) groups is 1. The van der Waals surface area contributed by atoms with E-state index in [1.165, 1.54) is 0 Å². The predicted molar refractivity (Wildman–Crippen MR) is 118 cm³/mol. The average Bonchev–Trinajstić information content (AvgIpc) is 3.35. The van der Waals surface area contributed by atoms with Crippen molar-refractivity contribution in [2.45, 2.75) is 12.8 Å². The lowest BCUT2D eigenvalue weighted by Crippen LogP contribution is -2.44. The number of carbonyl (C=O) groups excluding carboxylic acids is 1. The molecular weight excluding hydrogens is 394 g/mol. The van der Waals surface area contributed by atoms with Gasteiger partial charge >= 0.3 is 0 Å². The maximum Gasteiger partial charge on any atom is 0.232 e. The lowest BCUT2D eigenvalue weighted by atomic mass is 9.95. The first kappa shape index (κ1) is 19.7. The van der Waals surface area contributed by atoms with Gasteiger partial charge in [-0.05, 0) is 24.3 Å². The number of aromatic amines is 1. The van der Waals surface area contributed by atoms with E-state index in [1.54, 1.807) is 25.4 Å². The van der Waals surface area contributed by atoms with Gasteiger partial charge in [0.25, 0.3) is 0 Å². The second-order valence-electron chi connectivity index (χ2n) is 7.96. The zero-order valence-electron chi connectivity index (χ0n) is 17.6. The fraction of sp³-hybridized carbons (Fsp3) is 0.348. The smallest absolute Gasteiger partial charge is 0.232 e. The number of hydrogen-bond donors (Lipinski definition) is 2. The normalized spacial score (nSPS) is 18.9. The van der Waals surface area contributed by atoms with Gasteiger partial charge in [-0.15, -0.1) is 0 Å². The maximum absolute atomic E-state index is 13.1. The number of allylic oxidation sites excluding steroid dienone is 1. The summed E-state index contributed by atoms with van der Waals surface area (Å²) in [5.41, 5.74) is 2.79. The summed E-state index contributed by atoms with van der Waals surface area (Å²) < 4.78 is 11.8. The van der Waals surface area contributed by atoms with Gasteiger partial charge in [-0.3, -0.25) is 9.89 Å². The van der Waals surface area contributed by atoms with Crippen molar-refractivity contribution in [3.05, 3.63) is 53.0 Å². The minimum Gasteiger partial charge on any atom is -0.496 e. The van der Waals surface area contributed by atoms with Crippen LogP contribution in [0.3, 0.4) is 0 Å². The summed E-state index contributed by atoms with van der Waals surface area (Å²) in [6, 6.07) is 7.39. The number of H-pyrrole nitrogens is 1. The Morgan fingerprint density at radius 1 is 1.29 bits per heavy atom. The van der Waals surface area contributed by atoms with E-state index in [-0.39, 0.29) is 17.5 Å². The highest BCUT2D eigenvalue weighted by Gasteiger charge is 2.34. The maximum atomic E-state index is 13.1. The van der Waals surface area contributed by atoms with Crippen LogP contribution in [0.15, 0.2) is 36.2 Å². The van der Waals surface area contributed by atoms with Gasteiger partial charge < -0.3 is 19.7 Å². The molecule has 0 spiro atoms. The number of ether oxygens (including phenoxy) is 2. The van der Waals surface area contributed by atoms with Crippen LogP contribution in [0.25, 0.3) is 17.1 Å². The summed E-state index contributed by atoms with van der Waals surface area (Å²) >= 11 is 0. The SMILES string of the molecule is COc1ccc2c(c1C(C)CN1CCNCC1)O/C(=C\c1n[nH]c3ncccc13)C2=O. The Bertz CT molecular complexity index is 1160. The number of aromatic nitrogens is 3. The molecule has 31 heavy (non-hydrogen) atoms. The largest absolute Gasteiger partial charge is 0.496 e. The molecule has 2 aromatic heterocycles. The van der Waals surface area contributed by atoms with Crippen molar-refractivity contribution in [1.82, 2.24) is 25.4 Å². The van der Waals surface area contributed by atoms with Crippen LogP contribution in [-0.2, 0) is 0 Å². The van der Waals surface area contributed by atoms with Gasteiger partial charge in [0.05, 0.1) is 18.4 Å². The van der Waals surface area contributed by atoms with Crippen LogP contribution in [0.2, 0.25) is 0 Å². The Morgan fingerprint density at radius 2 is 2.13 bits per heavy atom. The lowest BCUT2D eigenvalue weighted by molar-refractivity contribution is 0.101. The Morgan fingerprint density at radius 3 is 2.94 bits per heavy atom. The Labute approximate surface area is 180 Å². The molecule has 3 aromatic rings. The molecule has 0 saturated carbocycles. The van der Waals surface area contributed by atoms with Gasteiger partial charge in [0, 0.05) is 61.9 Å². The molecule has 8 heteroatoms. The highest BCUT2D eigenvalue weighted by molar-refractivity contribution is 6.15. The zero-order chi connectivity index (χ0) is 21.4. The number of pyridine rings is 1. The second-order valence-corrected chi connectivity index (χ2v) is 7.96. The molecule has 160 valence electrons. The quantitative estimate of drug-likeness (QED) is 0.614. The Hall–Kier alpha value is -3.23. The third-order valence-corrected chi connectivity index (χ3v) is 5.92. The highest BCUT2D eigenvalue weighted by atomic mass is 16.5. The summed E-state index contributed by atoms with van der Waals surface area (Å²) in [5.74, 6) is 1.59. The first-order chi connectivity index (χ1) is 15.2. The number of Topliss-reactive ketones (excluding diaryl/α,β-unsaturated/α-hetero) is 1. The monoisotopic (exact) mass is 419 g/mol. The van der Waals surface area contributed by atoms with Crippen molar-refractivity contribution in [1.29, 1.82) is 0 Å².